The smallest absolute Gasteiger partial charge is 0.254 e. The minimum absolute atomic E-state index is 0.168. The number of hydrogen-bond acceptors (Lipinski definition) is 4. The summed E-state index contributed by atoms with van der Waals surface area (Å²) in [4.78, 5) is 12.5. The highest BCUT2D eigenvalue weighted by Crippen LogP contribution is 2.19. The molecule has 0 atom stereocenters. The van der Waals surface area contributed by atoms with E-state index >= 15 is 0 Å². The Labute approximate surface area is 162 Å². The molecule has 0 fully saturated rings. The number of hydrogen-bond donors (Lipinski definition) is 2. The normalized spacial score (nSPS) is 11.3. The monoisotopic (exact) mass is 404 g/mol. The van der Waals surface area contributed by atoms with Crippen LogP contribution in [0, 0.1) is 0 Å². The Morgan fingerprint density at radius 3 is 2.52 bits per heavy atom. The van der Waals surface area contributed by atoms with Gasteiger partial charge >= 0.3 is 0 Å². The molecule has 140 valence electrons. The first-order valence-electron chi connectivity index (χ1n) is 8.01. The van der Waals surface area contributed by atoms with Gasteiger partial charge in [-0.25, -0.2) is 17.8 Å². The van der Waals surface area contributed by atoms with E-state index in [4.69, 9.17) is 11.6 Å². The van der Waals surface area contributed by atoms with Crippen LogP contribution in [0.5, 0.6) is 0 Å². The van der Waals surface area contributed by atoms with Crippen LogP contribution < -0.4 is 10.0 Å². The van der Waals surface area contributed by atoms with E-state index in [0.29, 0.717) is 16.3 Å². The van der Waals surface area contributed by atoms with E-state index < -0.39 is 10.0 Å². The third-order valence-corrected chi connectivity index (χ3v) is 5.65. The van der Waals surface area contributed by atoms with Gasteiger partial charge in [0.2, 0.25) is 10.0 Å². The van der Waals surface area contributed by atoms with Crippen molar-refractivity contribution in [2.45, 2.75) is 11.4 Å². The lowest BCUT2D eigenvalue weighted by atomic mass is 10.2. The maximum atomic E-state index is 12.3. The second kappa shape index (κ2) is 7.91. The van der Waals surface area contributed by atoms with Crippen molar-refractivity contribution in [2.75, 3.05) is 7.05 Å². The molecule has 3 aromatic rings. The van der Waals surface area contributed by atoms with Gasteiger partial charge in [0.15, 0.2) is 0 Å². The number of nitrogens with zero attached hydrogens (tertiary/aromatic N) is 2. The van der Waals surface area contributed by atoms with E-state index in [0.717, 1.165) is 5.56 Å². The van der Waals surface area contributed by atoms with E-state index in [-0.39, 0.29) is 17.3 Å². The van der Waals surface area contributed by atoms with Gasteiger partial charge < -0.3 is 5.32 Å². The van der Waals surface area contributed by atoms with Gasteiger partial charge in [-0.1, -0.05) is 35.9 Å². The average molecular weight is 405 g/mol. The minimum atomic E-state index is -3.48. The zero-order valence-electron chi connectivity index (χ0n) is 14.4. The van der Waals surface area contributed by atoms with E-state index in [1.165, 1.54) is 30.1 Å². The number of carbonyl (C=O) groups excluding carboxylic acids is 1. The molecule has 0 bridgehead atoms. The fraction of sp³-hybridized carbons (Fsp3) is 0.111. The van der Waals surface area contributed by atoms with Crippen LogP contribution in [-0.2, 0) is 16.6 Å². The lowest BCUT2D eigenvalue weighted by molar-refractivity contribution is 0.0951. The van der Waals surface area contributed by atoms with Crippen LogP contribution in [0.1, 0.15) is 15.9 Å². The second-order valence-corrected chi connectivity index (χ2v) is 7.95. The first kappa shape index (κ1) is 19.1. The molecule has 0 spiro atoms. The van der Waals surface area contributed by atoms with E-state index in [1.54, 1.807) is 30.5 Å². The molecule has 0 aliphatic heterocycles. The Bertz CT molecular complexity index is 1060. The molecule has 9 heteroatoms. The number of carbonyl (C=O) groups is 1. The average Bonchev–Trinajstić information content (AvgIpc) is 3.17. The number of para-hydroxylation sites is 1. The number of sulfonamides is 1. The van der Waals surface area contributed by atoms with Crippen LogP contribution in [0.4, 0.5) is 0 Å². The number of benzene rings is 2. The predicted molar refractivity (Wildman–Crippen MR) is 102 cm³/mol. The van der Waals surface area contributed by atoms with Gasteiger partial charge in [0.1, 0.15) is 0 Å². The van der Waals surface area contributed by atoms with Gasteiger partial charge in [-0.3, -0.25) is 4.79 Å². The molecule has 0 saturated carbocycles. The molecule has 0 saturated heterocycles. The topological polar surface area (TPSA) is 93.1 Å². The van der Waals surface area contributed by atoms with E-state index in [2.05, 4.69) is 15.1 Å². The zero-order chi connectivity index (χ0) is 19.4. The fourth-order valence-electron chi connectivity index (χ4n) is 2.40. The standard InChI is InChI=1S/C18H17ClN4O3S/c1-20-27(25,26)15-8-6-13(7-9-15)10-21-18(24)14-11-22-23(12-14)17-5-3-2-4-16(17)19/h2-9,11-12,20H,10H2,1H3,(H,21,24). The molecule has 2 N–H and O–H groups in total. The van der Waals surface area contributed by atoms with Crippen molar-refractivity contribution in [2.24, 2.45) is 0 Å². The highest BCUT2D eigenvalue weighted by molar-refractivity contribution is 7.89. The van der Waals surface area contributed by atoms with Gasteiger partial charge in [-0.15, -0.1) is 0 Å². The molecule has 1 amide bonds. The van der Waals surface area contributed by atoms with E-state index in [1.807, 2.05) is 12.1 Å². The molecule has 3 rings (SSSR count). The Balaban J connectivity index is 1.66. The van der Waals surface area contributed by atoms with Gasteiger partial charge in [0, 0.05) is 12.7 Å². The molecule has 2 aromatic carbocycles. The maximum Gasteiger partial charge on any atom is 0.254 e. The summed E-state index contributed by atoms with van der Waals surface area (Å²) in [6, 6.07) is 13.5. The van der Waals surface area contributed by atoms with Crippen LogP contribution in [0.15, 0.2) is 65.8 Å². The molecule has 1 heterocycles. The summed E-state index contributed by atoms with van der Waals surface area (Å²) < 4.78 is 27.2. The number of halogens is 1. The second-order valence-electron chi connectivity index (χ2n) is 5.66. The maximum absolute atomic E-state index is 12.3. The van der Waals surface area contributed by atoms with Crippen molar-refractivity contribution in [1.82, 2.24) is 19.8 Å². The summed E-state index contributed by atoms with van der Waals surface area (Å²) in [6.07, 6.45) is 3.06. The zero-order valence-corrected chi connectivity index (χ0v) is 16.0. The Kier molecular flexibility index (Phi) is 5.59. The van der Waals surface area contributed by atoms with Crippen LogP contribution in [0.2, 0.25) is 5.02 Å². The molecule has 0 aliphatic carbocycles. The fourth-order valence-corrected chi connectivity index (χ4v) is 3.35. The summed E-state index contributed by atoms with van der Waals surface area (Å²) in [5.41, 5.74) is 1.85. The number of aromatic nitrogens is 2. The Morgan fingerprint density at radius 1 is 1.15 bits per heavy atom. The minimum Gasteiger partial charge on any atom is -0.348 e. The largest absolute Gasteiger partial charge is 0.348 e. The van der Waals surface area contributed by atoms with Gasteiger partial charge in [0.25, 0.3) is 5.91 Å². The summed E-state index contributed by atoms with van der Waals surface area (Å²) >= 11 is 6.14. The van der Waals surface area contributed by atoms with Crippen molar-refractivity contribution in [3.8, 4) is 5.69 Å². The molecule has 0 aliphatic rings. The summed E-state index contributed by atoms with van der Waals surface area (Å²) in [6.45, 7) is 0.260. The van der Waals surface area contributed by atoms with Crippen molar-refractivity contribution in [3.05, 3.63) is 77.1 Å². The predicted octanol–water partition coefficient (Wildman–Crippen LogP) is 2.36. The summed E-state index contributed by atoms with van der Waals surface area (Å²) in [7, 11) is -2.12. The number of nitrogens with one attached hydrogen (secondary N) is 2. The quantitative estimate of drug-likeness (QED) is 0.659. The van der Waals surface area contributed by atoms with Crippen LogP contribution in [-0.4, -0.2) is 31.2 Å². The molecule has 0 unspecified atom stereocenters. The SMILES string of the molecule is CNS(=O)(=O)c1ccc(CNC(=O)c2cnn(-c3ccccc3Cl)c2)cc1. The molecule has 7 nitrogen and oxygen atoms in total. The summed E-state index contributed by atoms with van der Waals surface area (Å²) in [5.74, 6) is -0.291. The molecular formula is C18H17ClN4O3S. The number of amides is 1. The highest BCUT2D eigenvalue weighted by Gasteiger charge is 2.12. The van der Waals surface area contributed by atoms with E-state index in [9.17, 15) is 13.2 Å². The van der Waals surface area contributed by atoms with Crippen molar-refractivity contribution in [3.63, 3.8) is 0 Å². The lowest BCUT2D eigenvalue weighted by Crippen LogP contribution is -2.22. The first-order chi connectivity index (χ1) is 12.9. The van der Waals surface area contributed by atoms with Crippen LogP contribution in [0.25, 0.3) is 5.69 Å². The molecular weight excluding hydrogens is 388 g/mol. The Hall–Kier alpha value is -2.68. The highest BCUT2D eigenvalue weighted by atomic mass is 35.5. The Morgan fingerprint density at radius 2 is 1.85 bits per heavy atom. The van der Waals surface area contributed by atoms with Gasteiger partial charge in [-0.05, 0) is 36.9 Å². The molecule has 27 heavy (non-hydrogen) atoms. The van der Waals surface area contributed by atoms with Gasteiger partial charge in [-0.2, -0.15) is 5.10 Å². The number of rotatable bonds is 6. The van der Waals surface area contributed by atoms with Crippen molar-refractivity contribution >= 4 is 27.5 Å². The lowest BCUT2D eigenvalue weighted by Gasteiger charge is -2.06. The molecule has 0 radical (unpaired) electrons. The third-order valence-electron chi connectivity index (χ3n) is 3.90. The van der Waals surface area contributed by atoms with Crippen LogP contribution in [0.3, 0.4) is 0 Å². The van der Waals surface area contributed by atoms with Crippen LogP contribution >= 0.6 is 11.6 Å². The first-order valence-corrected chi connectivity index (χ1v) is 9.87. The summed E-state index contributed by atoms with van der Waals surface area (Å²) in [5, 5.41) is 7.48. The van der Waals surface area contributed by atoms with Gasteiger partial charge in [0.05, 0.1) is 27.4 Å². The third kappa shape index (κ3) is 4.36. The van der Waals surface area contributed by atoms with Crippen molar-refractivity contribution in [1.29, 1.82) is 0 Å². The van der Waals surface area contributed by atoms with Crippen molar-refractivity contribution < 1.29 is 13.2 Å². The molecule has 1 aromatic heterocycles.